The van der Waals surface area contributed by atoms with Gasteiger partial charge in [0.15, 0.2) is 0 Å². The molecule has 0 radical (unpaired) electrons. The molecule has 0 amide bonds. The van der Waals surface area contributed by atoms with Crippen LogP contribution in [-0.2, 0) is 20.0 Å². The summed E-state index contributed by atoms with van der Waals surface area (Å²) in [4.78, 5) is 25.6. The van der Waals surface area contributed by atoms with Gasteiger partial charge in [-0.15, -0.1) is 0 Å². The molecule has 0 aliphatic heterocycles. The van der Waals surface area contributed by atoms with Crippen molar-refractivity contribution in [3.63, 3.8) is 0 Å². The van der Waals surface area contributed by atoms with Crippen molar-refractivity contribution in [2.45, 2.75) is 44.4 Å². The summed E-state index contributed by atoms with van der Waals surface area (Å²) in [7, 11) is -5.39. The van der Waals surface area contributed by atoms with Gasteiger partial charge in [0.25, 0.3) is 0 Å². The van der Waals surface area contributed by atoms with Crippen molar-refractivity contribution in [2.24, 2.45) is 0 Å². The van der Waals surface area contributed by atoms with E-state index in [9.17, 15) is 0 Å². The molecular formula is C7H15NiO4P. The number of hydrogen-bond donors (Lipinski definition) is 0. The van der Waals surface area contributed by atoms with Crippen molar-refractivity contribution in [1.29, 1.82) is 0 Å². The maximum Gasteiger partial charge on any atom is -0.159 e. The van der Waals surface area contributed by atoms with Gasteiger partial charge in [0.2, 0.25) is 0 Å². The topological polar surface area (TPSA) is 86.2 Å². The van der Waals surface area contributed by atoms with E-state index in [-0.39, 0.29) is 0 Å². The van der Waals surface area contributed by atoms with Crippen LogP contribution in [0.3, 0.4) is 0 Å². The van der Waals surface area contributed by atoms with E-state index in [1.54, 1.807) is 0 Å². The first-order valence-corrected chi connectivity index (χ1v) is 6.32. The molecule has 82 valence electrons. The van der Waals surface area contributed by atoms with Gasteiger partial charge in [-0.25, -0.2) is 0 Å². The van der Waals surface area contributed by atoms with Gasteiger partial charge in [0, 0.05) is 0 Å². The smallest absolute Gasteiger partial charge is 0.159 e. The number of rotatable bonds is 5. The molecule has 0 unspecified atom stereocenters. The average molecular weight is 253 g/mol. The predicted molar refractivity (Wildman–Crippen MR) is 41.2 cm³/mol. The van der Waals surface area contributed by atoms with Gasteiger partial charge in [0.05, 0.1) is 0 Å². The first kappa shape index (κ1) is 16.0. The molecule has 0 aliphatic rings. The van der Waals surface area contributed by atoms with Crippen molar-refractivity contribution < 1.29 is 34.7 Å². The van der Waals surface area contributed by atoms with E-state index in [4.69, 9.17) is 19.2 Å². The molecule has 0 fully saturated rings. The van der Waals surface area contributed by atoms with Crippen LogP contribution in [-0.4, -0.2) is 0 Å². The van der Waals surface area contributed by atoms with Gasteiger partial charge >= 0.3 is 59.9 Å². The van der Waals surface area contributed by atoms with Crippen molar-refractivity contribution >= 4 is 7.82 Å². The van der Waals surface area contributed by atoms with Gasteiger partial charge in [0.1, 0.15) is 0 Å². The molecule has 0 aromatic carbocycles. The number of hydrogen-bond acceptors (Lipinski definition) is 4. The molecule has 0 rings (SSSR count). The van der Waals surface area contributed by atoms with E-state index in [2.05, 4.69) is 22.4 Å². The van der Waals surface area contributed by atoms with Crippen LogP contribution in [0.25, 0.3) is 0 Å². The Morgan fingerprint density at radius 2 is 1.46 bits per heavy atom. The van der Waals surface area contributed by atoms with E-state index < -0.39 is 7.82 Å². The largest absolute Gasteiger partial charge is 0.822 e. The molecule has 4 nitrogen and oxygen atoms in total. The summed E-state index contributed by atoms with van der Waals surface area (Å²) in [5.41, 5.74) is 0. The molecule has 0 spiro atoms. The van der Waals surface area contributed by atoms with Crippen LogP contribution in [0, 0.1) is 0 Å². The Morgan fingerprint density at radius 3 is 1.77 bits per heavy atom. The molecule has 13 heavy (non-hydrogen) atoms. The predicted octanol–water partition coefficient (Wildman–Crippen LogP) is 0.0973. The van der Waals surface area contributed by atoms with Crippen LogP contribution in [0.15, 0.2) is 0 Å². The zero-order valence-electron chi connectivity index (χ0n) is 7.64. The van der Waals surface area contributed by atoms with Crippen LogP contribution in [0.4, 0.5) is 0 Å². The van der Waals surface area contributed by atoms with Gasteiger partial charge < -0.3 is 19.2 Å². The van der Waals surface area contributed by atoms with Crippen LogP contribution in [0.1, 0.15) is 39.0 Å². The fraction of sp³-hybridized carbons (Fsp3) is 1.00. The van der Waals surface area contributed by atoms with Crippen LogP contribution in [0.5, 0.6) is 0 Å². The normalized spacial score (nSPS) is 10.5. The maximum atomic E-state index is 8.55. The van der Waals surface area contributed by atoms with Crippen LogP contribution >= 0.6 is 7.82 Å². The standard InChI is InChI=1S/C7H15.Ni.H3O4P/c1-3-5-7-6-4-2;;1-5(2,3)4/h1,3-7H2,2H3;;(H3,1,2,3,4)/q;+3;/p-3. The maximum absolute atomic E-state index is 8.55. The summed E-state index contributed by atoms with van der Waals surface area (Å²) in [6, 6.07) is 0. The molecule has 0 heterocycles. The van der Waals surface area contributed by atoms with Crippen molar-refractivity contribution in [2.75, 3.05) is 0 Å². The minimum atomic E-state index is -5.39. The Labute approximate surface area is 87.4 Å². The zero-order chi connectivity index (χ0) is 10.7. The first-order valence-electron chi connectivity index (χ1n) is 4.16. The summed E-state index contributed by atoms with van der Waals surface area (Å²) >= 11 is 4.55. The molecule has 0 aromatic heterocycles. The Bertz CT molecular complexity index is 122. The number of unbranched alkanes of at least 4 members (excludes halogenated alkanes) is 4. The van der Waals surface area contributed by atoms with E-state index in [1.807, 2.05) is 0 Å². The fourth-order valence-electron chi connectivity index (χ4n) is 0.683. The third kappa shape index (κ3) is 45.1. The Hall–Kier alpha value is 0.604. The van der Waals surface area contributed by atoms with E-state index in [1.165, 1.54) is 32.1 Å². The Kier molecular flexibility index (Phi) is 13.2. The molecule has 0 bridgehead atoms. The second kappa shape index (κ2) is 10.7. The second-order valence-corrected chi connectivity index (χ2v) is 3.91. The van der Waals surface area contributed by atoms with Crippen molar-refractivity contribution in [3.05, 3.63) is 0 Å². The van der Waals surface area contributed by atoms with Crippen LogP contribution in [0.2, 0.25) is 5.39 Å². The van der Waals surface area contributed by atoms with E-state index >= 15 is 0 Å². The molecule has 0 atom stereocenters. The monoisotopic (exact) mass is 252 g/mol. The summed E-state index contributed by atoms with van der Waals surface area (Å²) in [6.45, 7) is 2.23. The van der Waals surface area contributed by atoms with Gasteiger partial charge in [-0.1, -0.05) is 0 Å². The molecule has 0 saturated heterocycles. The van der Waals surface area contributed by atoms with E-state index in [0.29, 0.717) is 0 Å². The van der Waals surface area contributed by atoms with E-state index in [0.717, 1.165) is 5.39 Å². The van der Waals surface area contributed by atoms with Gasteiger partial charge in [-0.2, -0.15) is 7.82 Å². The fourth-order valence-corrected chi connectivity index (χ4v) is 0.930. The molecule has 0 aliphatic carbocycles. The van der Waals surface area contributed by atoms with Crippen molar-refractivity contribution in [3.8, 4) is 0 Å². The molecule has 0 saturated carbocycles. The molecule has 0 N–H and O–H groups in total. The number of phosphoric acid groups is 1. The molecule has 6 heteroatoms. The zero-order valence-corrected chi connectivity index (χ0v) is 9.52. The second-order valence-electron chi connectivity index (χ2n) is 2.52. The Balaban J connectivity index is 0. The summed E-state index contributed by atoms with van der Waals surface area (Å²) < 4.78 is 8.55. The summed E-state index contributed by atoms with van der Waals surface area (Å²) in [5.74, 6) is 0. The average Bonchev–Trinajstić information content (AvgIpc) is 1.95. The van der Waals surface area contributed by atoms with Gasteiger partial charge in [-0.05, 0) is 0 Å². The quantitative estimate of drug-likeness (QED) is 0.395. The third-order valence-corrected chi connectivity index (χ3v) is 1.56. The summed E-state index contributed by atoms with van der Waals surface area (Å²) in [5, 5.41) is 0.990. The summed E-state index contributed by atoms with van der Waals surface area (Å²) in [6.07, 6.45) is 6.73. The van der Waals surface area contributed by atoms with Crippen molar-refractivity contribution in [1.82, 2.24) is 0 Å². The SMILES string of the molecule is CCCCCC[CH2][Ni+3].O=P([O-])([O-])[O-]. The molecule has 0 aromatic rings. The third-order valence-electron chi connectivity index (χ3n) is 1.22. The van der Waals surface area contributed by atoms with Crippen LogP contribution < -0.4 is 14.7 Å². The first-order chi connectivity index (χ1) is 5.91. The minimum absolute atomic E-state index is 0.990. The Morgan fingerprint density at radius 1 is 1.08 bits per heavy atom. The minimum Gasteiger partial charge on any atom is -0.822 e. The molecular weight excluding hydrogens is 238 g/mol. The van der Waals surface area contributed by atoms with Gasteiger partial charge in [-0.3, -0.25) is 0 Å².